The van der Waals surface area contributed by atoms with Crippen LogP contribution in [0.15, 0.2) is 12.1 Å². The number of pyridine rings is 1. The van der Waals surface area contributed by atoms with Crippen LogP contribution in [0.25, 0.3) is 0 Å². The topological polar surface area (TPSA) is 15.8 Å². The highest BCUT2D eigenvalue weighted by atomic mass is 32.1. The Kier molecular flexibility index (Phi) is 2.83. The Morgan fingerprint density at radius 3 is 2.73 bits per heavy atom. The minimum atomic E-state index is 0.895. The molecule has 0 aliphatic heterocycles. The molecule has 1 nitrogen and oxygen atoms in total. The molecule has 1 N–H and O–H groups in total. The Morgan fingerprint density at radius 1 is 1.45 bits per heavy atom. The van der Waals surface area contributed by atoms with Gasteiger partial charge in [0.15, 0.2) is 0 Å². The Labute approximate surface area is 72.5 Å². The summed E-state index contributed by atoms with van der Waals surface area (Å²) in [5.74, 6) is 0. The predicted octanol–water partition coefficient (Wildman–Crippen LogP) is 3.01. The third-order valence-electron chi connectivity index (χ3n) is 1.66. The maximum Gasteiger partial charge on any atom is 0.106 e. The summed E-state index contributed by atoms with van der Waals surface area (Å²) in [5, 5.41) is 0. The molecule has 0 saturated heterocycles. The lowest BCUT2D eigenvalue weighted by atomic mass is 10.2. The van der Waals surface area contributed by atoms with E-state index in [0.717, 1.165) is 23.2 Å². The molecule has 0 aliphatic carbocycles. The number of aromatic amines is 1. The molecule has 0 spiro atoms. The van der Waals surface area contributed by atoms with Crippen molar-refractivity contribution in [3.63, 3.8) is 0 Å². The molecule has 11 heavy (non-hydrogen) atoms. The average molecular weight is 167 g/mol. The SMILES string of the molecule is CCCc1ccc(C)[nH]c1=S. The molecule has 1 rings (SSSR count). The highest BCUT2D eigenvalue weighted by molar-refractivity contribution is 7.71. The molecule has 0 fully saturated rings. The Hall–Kier alpha value is -0.630. The number of aryl methyl sites for hydroxylation is 2. The largest absolute Gasteiger partial charge is 0.350 e. The zero-order chi connectivity index (χ0) is 8.27. The lowest BCUT2D eigenvalue weighted by molar-refractivity contribution is 0.905. The summed E-state index contributed by atoms with van der Waals surface area (Å²) in [6.07, 6.45) is 2.23. The summed E-state index contributed by atoms with van der Waals surface area (Å²) >= 11 is 5.15. The van der Waals surface area contributed by atoms with Gasteiger partial charge in [0.25, 0.3) is 0 Å². The van der Waals surface area contributed by atoms with Crippen LogP contribution in [0.2, 0.25) is 0 Å². The van der Waals surface area contributed by atoms with Crippen LogP contribution in [-0.2, 0) is 6.42 Å². The van der Waals surface area contributed by atoms with Crippen LogP contribution in [-0.4, -0.2) is 4.98 Å². The summed E-state index contributed by atoms with van der Waals surface area (Å²) in [6.45, 7) is 4.18. The van der Waals surface area contributed by atoms with Crippen molar-refractivity contribution in [2.24, 2.45) is 0 Å². The van der Waals surface area contributed by atoms with Gasteiger partial charge >= 0.3 is 0 Å². The fourth-order valence-electron chi connectivity index (χ4n) is 1.07. The van der Waals surface area contributed by atoms with E-state index < -0.39 is 0 Å². The number of hydrogen-bond donors (Lipinski definition) is 1. The van der Waals surface area contributed by atoms with E-state index in [1.165, 1.54) is 5.56 Å². The Morgan fingerprint density at radius 2 is 2.18 bits per heavy atom. The van der Waals surface area contributed by atoms with Crippen molar-refractivity contribution in [2.45, 2.75) is 26.7 Å². The molecule has 1 aromatic heterocycles. The normalized spacial score (nSPS) is 10.0. The van der Waals surface area contributed by atoms with Crippen LogP contribution in [0, 0.1) is 11.6 Å². The molecular weight excluding hydrogens is 154 g/mol. The maximum atomic E-state index is 5.15. The maximum absolute atomic E-state index is 5.15. The van der Waals surface area contributed by atoms with Gasteiger partial charge in [0.05, 0.1) is 0 Å². The summed E-state index contributed by atoms with van der Waals surface area (Å²) in [6, 6.07) is 4.18. The van der Waals surface area contributed by atoms with Gasteiger partial charge in [-0.2, -0.15) is 0 Å². The van der Waals surface area contributed by atoms with Gasteiger partial charge in [-0.25, -0.2) is 0 Å². The summed E-state index contributed by atoms with van der Waals surface area (Å²) in [4.78, 5) is 3.14. The number of hydrogen-bond acceptors (Lipinski definition) is 1. The van der Waals surface area contributed by atoms with E-state index in [9.17, 15) is 0 Å². The molecular formula is C9H13NS. The molecule has 0 bridgehead atoms. The van der Waals surface area contributed by atoms with Gasteiger partial charge in [-0.3, -0.25) is 0 Å². The number of rotatable bonds is 2. The lowest BCUT2D eigenvalue weighted by Crippen LogP contribution is -1.89. The van der Waals surface area contributed by atoms with E-state index in [1.807, 2.05) is 6.92 Å². The van der Waals surface area contributed by atoms with Crippen molar-refractivity contribution < 1.29 is 0 Å². The molecule has 1 aromatic rings. The lowest BCUT2D eigenvalue weighted by Gasteiger charge is -1.99. The fraction of sp³-hybridized carbons (Fsp3) is 0.444. The fourth-order valence-corrected chi connectivity index (χ4v) is 1.40. The molecule has 2 heteroatoms. The Bertz CT molecular complexity index is 288. The van der Waals surface area contributed by atoms with E-state index in [4.69, 9.17) is 12.2 Å². The van der Waals surface area contributed by atoms with E-state index in [0.29, 0.717) is 0 Å². The van der Waals surface area contributed by atoms with Crippen LogP contribution >= 0.6 is 12.2 Å². The van der Waals surface area contributed by atoms with E-state index in [1.54, 1.807) is 0 Å². The first-order valence-corrected chi connectivity index (χ1v) is 4.33. The zero-order valence-corrected chi connectivity index (χ0v) is 7.79. The van der Waals surface area contributed by atoms with Gasteiger partial charge in [0, 0.05) is 5.69 Å². The van der Waals surface area contributed by atoms with E-state index in [-0.39, 0.29) is 0 Å². The first kappa shape index (κ1) is 8.47. The summed E-state index contributed by atoms with van der Waals surface area (Å²) < 4.78 is 0.895. The minimum Gasteiger partial charge on any atom is -0.350 e. The predicted molar refractivity (Wildman–Crippen MR) is 50.4 cm³/mol. The van der Waals surface area contributed by atoms with Gasteiger partial charge in [0.1, 0.15) is 4.64 Å². The highest BCUT2D eigenvalue weighted by Crippen LogP contribution is 2.04. The van der Waals surface area contributed by atoms with Gasteiger partial charge in [-0.15, -0.1) is 0 Å². The molecule has 60 valence electrons. The monoisotopic (exact) mass is 167 g/mol. The standard InChI is InChI=1S/C9H13NS/c1-3-4-8-6-5-7(2)10-9(8)11/h5-6H,3-4H2,1-2H3,(H,10,11). The second-order valence-corrected chi connectivity index (χ2v) is 3.15. The third kappa shape index (κ3) is 2.15. The molecule has 0 saturated carbocycles. The molecule has 0 unspecified atom stereocenters. The van der Waals surface area contributed by atoms with Crippen molar-refractivity contribution in [1.29, 1.82) is 0 Å². The van der Waals surface area contributed by atoms with Gasteiger partial charge in [-0.1, -0.05) is 31.6 Å². The first-order chi connectivity index (χ1) is 5.24. The van der Waals surface area contributed by atoms with Gasteiger partial charge in [0.2, 0.25) is 0 Å². The second kappa shape index (κ2) is 3.67. The van der Waals surface area contributed by atoms with Crippen LogP contribution < -0.4 is 0 Å². The first-order valence-electron chi connectivity index (χ1n) is 3.93. The minimum absolute atomic E-state index is 0.895. The number of aromatic nitrogens is 1. The number of nitrogens with one attached hydrogen (secondary N) is 1. The molecule has 0 amide bonds. The zero-order valence-electron chi connectivity index (χ0n) is 6.98. The van der Waals surface area contributed by atoms with E-state index >= 15 is 0 Å². The summed E-state index contributed by atoms with van der Waals surface area (Å²) in [5.41, 5.74) is 2.39. The average Bonchev–Trinajstić information content (AvgIpc) is 1.95. The van der Waals surface area contributed by atoms with Crippen LogP contribution in [0.1, 0.15) is 24.6 Å². The van der Waals surface area contributed by atoms with Crippen LogP contribution in [0.5, 0.6) is 0 Å². The molecule has 1 heterocycles. The van der Waals surface area contributed by atoms with Crippen LogP contribution in [0.3, 0.4) is 0 Å². The van der Waals surface area contributed by atoms with Gasteiger partial charge < -0.3 is 4.98 Å². The van der Waals surface area contributed by atoms with Crippen molar-refractivity contribution in [3.8, 4) is 0 Å². The second-order valence-electron chi connectivity index (χ2n) is 2.75. The summed E-state index contributed by atoms with van der Waals surface area (Å²) in [7, 11) is 0. The molecule has 0 aromatic carbocycles. The quantitative estimate of drug-likeness (QED) is 0.669. The van der Waals surface area contributed by atoms with E-state index in [2.05, 4.69) is 24.0 Å². The van der Waals surface area contributed by atoms with Gasteiger partial charge in [-0.05, 0) is 25.0 Å². The molecule has 0 radical (unpaired) electrons. The molecule has 0 aliphatic rings. The third-order valence-corrected chi connectivity index (χ3v) is 2.02. The Balaban J connectivity index is 3.00. The molecule has 0 atom stereocenters. The van der Waals surface area contributed by atoms with Crippen molar-refractivity contribution in [1.82, 2.24) is 4.98 Å². The van der Waals surface area contributed by atoms with Crippen molar-refractivity contribution >= 4 is 12.2 Å². The highest BCUT2D eigenvalue weighted by Gasteiger charge is 1.93. The van der Waals surface area contributed by atoms with Crippen LogP contribution in [0.4, 0.5) is 0 Å². The van der Waals surface area contributed by atoms with Crippen molar-refractivity contribution in [3.05, 3.63) is 28.0 Å². The smallest absolute Gasteiger partial charge is 0.106 e. The van der Waals surface area contributed by atoms with Crippen molar-refractivity contribution in [2.75, 3.05) is 0 Å². The number of H-pyrrole nitrogens is 1.